The number of carbonyl (C=O) groups excluding carboxylic acids is 1. The van der Waals surface area contributed by atoms with Gasteiger partial charge in [0, 0.05) is 37.7 Å². The number of hydrogen-bond donors (Lipinski definition) is 4. The number of halogens is 1. The molecule has 4 N–H and O–H groups in total. The fourth-order valence-electron chi connectivity index (χ4n) is 6.22. The van der Waals surface area contributed by atoms with Crippen LogP contribution in [0, 0.1) is 5.92 Å². The molecule has 224 valence electrons. The van der Waals surface area contributed by atoms with Crippen molar-refractivity contribution in [2.45, 2.75) is 69.9 Å². The number of hydrogen-bond acceptors (Lipinski definition) is 9. The van der Waals surface area contributed by atoms with Gasteiger partial charge in [-0.15, -0.1) is 5.10 Å². The van der Waals surface area contributed by atoms with Crippen molar-refractivity contribution in [2.24, 2.45) is 5.92 Å². The molecule has 2 aromatic carbocycles. The van der Waals surface area contributed by atoms with Gasteiger partial charge in [0.1, 0.15) is 11.7 Å². The van der Waals surface area contributed by atoms with Crippen LogP contribution in [0.4, 0.5) is 27.5 Å². The first-order chi connectivity index (χ1) is 20.8. The molecule has 1 unspecified atom stereocenters. The van der Waals surface area contributed by atoms with Crippen molar-refractivity contribution in [3.63, 3.8) is 0 Å². The number of fused-ring (bicyclic) bond motifs is 2. The van der Waals surface area contributed by atoms with Gasteiger partial charge in [-0.05, 0) is 56.0 Å². The summed E-state index contributed by atoms with van der Waals surface area (Å²) in [5, 5.41) is 29.2. The Morgan fingerprint density at radius 2 is 2.02 bits per heavy atom. The number of aromatic nitrogens is 5. The van der Waals surface area contributed by atoms with E-state index in [1.807, 2.05) is 47.1 Å². The summed E-state index contributed by atoms with van der Waals surface area (Å²) in [5.74, 6) is 0.606. The highest BCUT2D eigenvalue weighted by atomic mass is 19.1. The first-order valence-electron chi connectivity index (χ1n) is 15.0. The topological polar surface area (TPSA) is 133 Å². The summed E-state index contributed by atoms with van der Waals surface area (Å²) in [5.41, 5.74) is 5.40. The van der Waals surface area contributed by atoms with E-state index >= 15 is 0 Å². The zero-order valence-electron chi connectivity index (χ0n) is 24.2. The fraction of sp³-hybridized carbons (Fsp3) is 0.452. The molecule has 0 spiro atoms. The summed E-state index contributed by atoms with van der Waals surface area (Å²) in [7, 11) is 0. The second kappa shape index (κ2) is 11.1. The summed E-state index contributed by atoms with van der Waals surface area (Å²) >= 11 is 0. The lowest BCUT2D eigenvalue weighted by atomic mass is 9.96. The monoisotopic (exact) mass is 585 g/mol. The van der Waals surface area contributed by atoms with Crippen LogP contribution in [-0.2, 0) is 11.2 Å². The van der Waals surface area contributed by atoms with E-state index in [1.54, 1.807) is 6.20 Å². The summed E-state index contributed by atoms with van der Waals surface area (Å²) in [4.78, 5) is 24.6. The Labute approximate surface area is 248 Å². The van der Waals surface area contributed by atoms with Gasteiger partial charge < -0.3 is 26.0 Å². The molecule has 2 aliphatic carbocycles. The predicted octanol–water partition coefficient (Wildman–Crippen LogP) is 4.06. The van der Waals surface area contributed by atoms with Crippen LogP contribution in [0.3, 0.4) is 0 Å². The summed E-state index contributed by atoms with van der Waals surface area (Å²) in [6.45, 7) is 5.33. The number of aliphatic hydroxyl groups excluding tert-OH is 1. The first kappa shape index (κ1) is 27.5. The molecule has 1 amide bonds. The van der Waals surface area contributed by atoms with Crippen molar-refractivity contribution in [1.29, 1.82) is 0 Å². The van der Waals surface area contributed by atoms with Gasteiger partial charge >= 0.3 is 0 Å². The number of aliphatic hydroxyl groups is 1. The number of anilines is 4. The lowest BCUT2D eigenvalue weighted by Gasteiger charge is -2.35. The maximum atomic E-state index is 13.5. The lowest BCUT2D eigenvalue weighted by Crippen LogP contribution is -2.44. The van der Waals surface area contributed by atoms with E-state index in [0.717, 1.165) is 52.9 Å². The molecule has 3 heterocycles. The zero-order valence-corrected chi connectivity index (χ0v) is 24.2. The van der Waals surface area contributed by atoms with Gasteiger partial charge in [0.2, 0.25) is 11.9 Å². The van der Waals surface area contributed by atoms with E-state index in [9.17, 15) is 14.3 Å². The number of carbonyl (C=O) groups is 1. The molecule has 11 nitrogen and oxygen atoms in total. The molecule has 2 aromatic heterocycles. The molecule has 5 atom stereocenters. The highest BCUT2D eigenvalue weighted by Gasteiger charge is 2.40. The molecule has 4 aromatic rings. The van der Waals surface area contributed by atoms with E-state index < -0.39 is 12.3 Å². The zero-order chi connectivity index (χ0) is 29.7. The summed E-state index contributed by atoms with van der Waals surface area (Å²) in [6.07, 6.45) is 2.72. The van der Waals surface area contributed by atoms with Gasteiger partial charge in [0.05, 0.1) is 41.5 Å². The van der Waals surface area contributed by atoms with Crippen LogP contribution in [0.15, 0.2) is 48.7 Å². The molecule has 0 radical (unpaired) electrons. The second-order valence-corrected chi connectivity index (χ2v) is 12.1. The van der Waals surface area contributed by atoms with Crippen LogP contribution in [0.1, 0.15) is 56.3 Å². The molecule has 3 aliphatic rings. The van der Waals surface area contributed by atoms with E-state index in [2.05, 4.69) is 50.0 Å². The SMILES string of the molecule is CC(C)n1nnc2ccc(Nc3ncc(N4CCCC(C(=O)N[C@H]5C[C@H]5F)C4)c(N[C@H]4c5ccccc5C[C@H]4O)n3)cc21. The highest BCUT2D eigenvalue weighted by molar-refractivity contribution is 5.81. The maximum Gasteiger partial charge on any atom is 0.229 e. The standard InChI is InChI=1S/C31H36FN9O2/c1-17(2)41-25-13-20(9-10-23(25)38-39-41)34-31-33-15-26(40-11-5-7-19(16-40)30(43)35-24-14-22(24)32)29(37-31)36-28-21-8-4-3-6-18(21)12-27(28)42/h3-4,6,8-10,13,15,17,19,22,24,27-28,42H,5,7,11-12,14,16H2,1-2H3,(H,35,43)(H2,33,34,36,37)/t19?,22-,24+,27-,28+/m1/s1. The Hall–Kier alpha value is -4.32. The van der Waals surface area contributed by atoms with E-state index in [1.165, 1.54) is 0 Å². The third kappa shape index (κ3) is 5.47. The van der Waals surface area contributed by atoms with Crippen molar-refractivity contribution >= 4 is 40.1 Å². The molecule has 1 saturated heterocycles. The average Bonchev–Trinajstić information content (AvgIpc) is 3.38. The Bertz CT molecular complexity index is 1660. The normalized spacial score (nSPS) is 24.7. The van der Waals surface area contributed by atoms with Gasteiger partial charge in [-0.1, -0.05) is 29.5 Å². The van der Waals surface area contributed by atoms with E-state index in [-0.39, 0.29) is 30.0 Å². The largest absolute Gasteiger partial charge is 0.390 e. The Morgan fingerprint density at radius 3 is 2.84 bits per heavy atom. The van der Waals surface area contributed by atoms with Gasteiger partial charge in [-0.2, -0.15) is 4.98 Å². The summed E-state index contributed by atoms with van der Waals surface area (Å²) < 4.78 is 15.3. The van der Waals surface area contributed by atoms with E-state index in [0.29, 0.717) is 31.2 Å². The third-order valence-corrected chi connectivity index (χ3v) is 8.66. The molecule has 1 aliphatic heterocycles. The Balaban J connectivity index is 1.19. The Kier molecular flexibility index (Phi) is 7.08. The number of amides is 1. The highest BCUT2D eigenvalue weighted by Crippen LogP contribution is 2.38. The molecule has 0 bridgehead atoms. The van der Waals surface area contributed by atoms with Crippen LogP contribution < -0.4 is 20.9 Å². The van der Waals surface area contributed by atoms with Gasteiger partial charge in [0.25, 0.3) is 0 Å². The molecule has 2 fully saturated rings. The summed E-state index contributed by atoms with van der Waals surface area (Å²) in [6, 6.07) is 13.3. The average molecular weight is 586 g/mol. The van der Waals surface area contributed by atoms with Crippen LogP contribution >= 0.6 is 0 Å². The van der Waals surface area contributed by atoms with Crippen molar-refractivity contribution in [1.82, 2.24) is 30.3 Å². The maximum absolute atomic E-state index is 13.5. The van der Waals surface area contributed by atoms with E-state index in [4.69, 9.17) is 4.98 Å². The van der Waals surface area contributed by atoms with Crippen molar-refractivity contribution < 1.29 is 14.3 Å². The fourth-order valence-corrected chi connectivity index (χ4v) is 6.22. The minimum Gasteiger partial charge on any atom is -0.390 e. The lowest BCUT2D eigenvalue weighted by molar-refractivity contribution is -0.125. The first-order valence-corrected chi connectivity index (χ1v) is 15.0. The van der Waals surface area contributed by atoms with Crippen LogP contribution in [0.25, 0.3) is 11.0 Å². The smallest absolute Gasteiger partial charge is 0.229 e. The molecule has 7 rings (SSSR count). The minimum absolute atomic E-state index is 0.103. The third-order valence-electron chi connectivity index (χ3n) is 8.66. The predicted molar refractivity (Wildman–Crippen MR) is 162 cm³/mol. The van der Waals surface area contributed by atoms with Gasteiger partial charge in [0.15, 0.2) is 5.82 Å². The minimum atomic E-state index is -0.934. The van der Waals surface area contributed by atoms with Gasteiger partial charge in [-0.25, -0.2) is 14.1 Å². The quantitative estimate of drug-likeness (QED) is 0.242. The number of nitrogens with zero attached hydrogens (tertiary/aromatic N) is 6. The number of piperidine rings is 1. The van der Waals surface area contributed by atoms with Crippen LogP contribution in [0.2, 0.25) is 0 Å². The number of benzene rings is 2. The molecular formula is C31H36FN9O2. The van der Waals surface area contributed by atoms with Crippen LogP contribution in [-0.4, -0.2) is 67.4 Å². The Morgan fingerprint density at radius 1 is 1.19 bits per heavy atom. The molecule has 12 heteroatoms. The van der Waals surface area contributed by atoms with Crippen LogP contribution in [0.5, 0.6) is 0 Å². The molecular weight excluding hydrogens is 549 g/mol. The number of rotatable bonds is 8. The number of alkyl halides is 1. The molecule has 43 heavy (non-hydrogen) atoms. The number of nitrogens with one attached hydrogen (secondary N) is 3. The van der Waals surface area contributed by atoms with Crippen molar-refractivity contribution in [3.05, 3.63) is 59.8 Å². The van der Waals surface area contributed by atoms with Gasteiger partial charge in [-0.3, -0.25) is 4.79 Å². The second-order valence-electron chi connectivity index (χ2n) is 12.1. The molecule has 1 saturated carbocycles. The van der Waals surface area contributed by atoms with Crippen molar-refractivity contribution in [2.75, 3.05) is 28.6 Å². The van der Waals surface area contributed by atoms with Crippen molar-refractivity contribution in [3.8, 4) is 0 Å².